The van der Waals surface area contributed by atoms with Gasteiger partial charge in [-0.25, -0.2) is 4.79 Å². The fourth-order valence-electron chi connectivity index (χ4n) is 0.943. The Labute approximate surface area is 79.0 Å². The van der Waals surface area contributed by atoms with E-state index in [1.54, 1.807) is 0 Å². The molecular formula is C8H7NO3S. The average molecular weight is 197 g/mol. The van der Waals surface area contributed by atoms with Gasteiger partial charge in [-0.2, -0.15) is 5.26 Å². The molecule has 0 atom stereocenters. The molecule has 1 N–H and O–H groups in total. The summed E-state index contributed by atoms with van der Waals surface area (Å²) in [4.78, 5) is 10.9. The number of aromatic carboxylic acids is 1. The quantitative estimate of drug-likeness (QED) is 0.796. The molecular weight excluding hydrogens is 190 g/mol. The van der Waals surface area contributed by atoms with E-state index in [9.17, 15) is 4.79 Å². The molecule has 1 heterocycles. The van der Waals surface area contributed by atoms with Crippen molar-refractivity contribution in [3.05, 3.63) is 21.4 Å². The molecule has 0 aromatic carbocycles. The molecule has 0 saturated carbocycles. The van der Waals surface area contributed by atoms with Gasteiger partial charge in [0.2, 0.25) is 0 Å². The largest absolute Gasteiger partial charge is 0.477 e. The van der Waals surface area contributed by atoms with Crippen molar-refractivity contribution in [3.63, 3.8) is 0 Å². The van der Waals surface area contributed by atoms with Gasteiger partial charge in [-0.3, -0.25) is 0 Å². The summed E-state index contributed by atoms with van der Waals surface area (Å²) < 4.78 is 4.81. The highest BCUT2D eigenvalue weighted by Crippen LogP contribution is 2.22. The van der Waals surface area contributed by atoms with E-state index in [-0.39, 0.29) is 11.5 Å². The zero-order valence-corrected chi connectivity index (χ0v) is 7.72. The number of carboxylic acids is 1. The van der Waals surface area contributed by atoms with Crippen molar-refractivity contribution in [3.8, 4) is 6.07 Å². The van der Waals surface area contributed by atoms with Gasteiger partial charge >= 0.3 is 5.97 Å². The molecule has 1 aromatic heterocycles. The van der Waals surface area contributed by atoms with Crippen LogP contribution in [0.25, 0.3) is 0 Å². The van der Waals surface area contributed by atoms with E-state index in [2.05, 4.69) is 0 Å². The van der Waals surface area contributed by atoms with Crippen molar-refractivity contribution in [2.24, 2.45) is 0 Å². The Balaban J connectivity index is 3.15. The minimum absolute atomic E-state index is 0.161. The van der Waals surface area contributed by atoms with E-state index in [0.717, 1.165) is 11.3 Å². The van der Waals surface area contributed by atoms with E-state index in [1.165, 1.54) is 12.5 Å². The summed E-state index contributed by atoms with van der Waals surface area (Å²) in [6.07, 6.45) is 0. The SMILES string of the molecule is COCc1c(C#N)csc1C(=O)O. The van der Waals surface area contributed by atoms with Gasteiger partial charge in [-0.05, 0) is 0 Å². The van der Waals surface area contributed by atoms with Crippen LogP contribution in [0.2, 0.25) is 0 Å². The lowest BCUT2D eigenvalue weighted by Gasteiger charge is -1.98. The molecule has 0 aliphatic carbocycles. The van der Waals surface area contributed by atoms with Crippen LogP contribution in [0.3, 0.4) is 0 Å². The van der Waals surface area contributed by atoms with Crippen molar-refractivity contribution in [2.45, 2.75) is 6.61 Å². The summed E-state index contributed by atoms with van der Waals surface area (Å²) in [6, 6.07) is 1.92. The first-order valence-electron chi connectivity index (χ1n) is 3.43. The smallest absolute Gasteiger partial charge is 0.346 e. The third-order valence-corrected chi connectivity index (χ3v) is 2.51. The van der Waals surface area contributed by atoms with Crippen LogP contribution < -0.4 is 0 Å². The maximum atomic E-state index is 10.7. The number of hydrogen-bond acceptors (Lipinski definition) is 4. The van der Waals surface area contributed by atoms with Crippen molar-refractivity contribution in [1.29, 1.82) is 5.26 Å². The van der Waals surface area contributed by atoms with Gasteiger partial charge in [-0.15, -0.1) is 11.3 Å². The average Bonchev–Trinajstić information content (AvgIpc) is 2.48. The molecule has 5 heteroatoms. The number of nitriles is 1. The molecule has 68 valence electrons. The van der Waals surface area contributed by atoms with Gasteiger partial charge in [0.15, 0.2) is 0 Å². The number of rotatable bonds is 3. The molecule has 0 radical (unpaired) electrons. The topological polar surface area (TPSA) is 70.3 Å². The van der Waals surface area contributed by atoms with Crippen molar-refractivity contribution >= 4 is 17.3 Å². The second kappa shape index (κ2) is 4.03. The van der Waals surface area contributed by atoms with Crippen LogP contribution in [-0.4, -0.2) is 18.2 Å². The minimum atomic E-state index is -1.02. The van der Waals surface area contributed by atoms with E-state index >= 15 is 0 Å². The number of ether oxygens (including phenoxy) is 1. The van der Waals surface area contributed by atoms with Gasteiger partial charge in [0.25, 0.3) is 0 Å². The summed E-state index contributed by atoms with van der Waals surface area (Å²) in [7, 11) is 1.46. The van der Waals surface area contributed by atoms with Crippen LogP contribution in [0.4, 0.5) is 0 Å². The lowest BCUT2D eigenvalue weighted by atomic mass is 10.2. The first kappa shape index (κ1) is 9.71. The van der Waals surface area contributed by atoms with Gasteiger partial charge in [-0.1, -0.05) is 0 Å². The predicted molar refractivity (Wildman–Crippen MR) is 46.7 cm³/mol. The Morgan fingerprint density at radius 1 is 1.85 bits per heavy atom. The summed E-state index contributed by atoms with van der Waals surface area (Å²) in [5, 5.41) is 18.9. The third kappa shape index (κ3) is 1.86. The second-order valence-corrected chi connectivity index (χ2v) is 3.19. The molecule has 0 spiro atoms. The first-order chi connectivity index (χ1) is 6.20. The van der Waals surface area contributed by atoms with Crippen molar-refractivity contribution in [2.75, 3.05) is 7.11 Å². The van der Waals surface area contributed by atoms with Gasteiger partial charge < -0.3 is 9.84 Å². The second-order valence-electron chi connectivity index (χ2n) is 2.31. The number of carboxylic acid groups (broad SMARTS) is 1. The monoisotopic (exact) mass is 197 g/mol. The lowest BCUT2D eigenvalue weighted by Crippen LogP contribution is -2.00. The van der Waals surface area contributed by atoms with Crippen LogP contribution >= 0.6 is 11.3 Å². The molecule has 0 aliphatic heterocycles. The number of nitrogens with zero attached hydrogens (tertiary/aromatic N) is 1. The molecule has 0 fully saturated rings. The zero-order valence-electron chi connectivity index (χ0n) is 6.90. The van der Waals surface area contributed by atoms with Crippen molar-refractivity contribution < 1.29 is 14.6 Å². The van der Waals surface area contributed by atoms with E-state index in [1.807, 2.05) is 6.07 Å². The maximum Gasteiger partial charge on any atom is 0.346 e. The molecule has 0 amide bonds. The summed E-state index contributed by atoms with van der Waals surface area (Å²) in [5.41, 5.74) is 0.840. The van der Waals surface area contributed by atoms with E-state index < -0.39 is 5.97 Å². The van der Waals surface area contributed by atoms with Crippen LogP contribution in [0.1, 0.15) is 20.8 Å². The number of carbonyl (C=O) groups is 1. The Bertz CT molecular complexity index is 364. The Morgan fingerprint density at radius 2 is 2.54 bits per heavy atom. The van der Waals surface area contributed by atoms with Crippen LogP contribution in [0.5, 0.6) is 0 Å². The standard InChI is InChI=1S/C8H7NO3S/c1-12-3-6-5(2-9)4-13-7(6)8(10)11/h4H,3H2,1H3,(H,10,11). The first-order valence-corrected chi connectivity index (χ1v) is 4.31. The molecule has 4 nitrogen and oxygen atoms in total. The van der Waals surface area contributed by atoms with Crippen molar-refractivity contribution in [1.82, 2.24) is 0 Å². The summed E-state index contributed by atoms with van der Waals surface area (Å²) >= 11 is 1.05. The highest BCUT2D eigenvalue weighted by molar-refractivity contribution is 7.12. The molecule has 0 aliphatic rings. The fraction of sp³-hybridized carbons (Fsp3) is 0.250. The molecule has 0 saturated heterocycles. The zero-order chi connectivity index (χ0) is 9.84. The lowest BCUT2D eigenvalue weighted by molar-refractivity contribution is 0.0697. The molecule has 1 rings (SSSR count). The fourth-order valence-corrected chi connectivity index (χ4v) is 1.79. The highest BCUT2D eigenvalue weighted by atomic mass is 32.1. The van der Waals surface area contributed by atoms with Gasteiger partial charge in [0.05, 0.1) is 12.2 Å². The normalized spacial score (nSPS) is 9.54. The maximum absolute atomic E-state index is 10.7. The molecule has 0 bridgehead atoms. The summed E-state index contributed by atoms with van der Waals surface area (Å²) in [5.74, 6) is -1.02. The molecule has 0 unspecified atom stereocenters. The summed E-state index contributed by atoms with van der Waals surface area (Å²) in [6.45, 7) is 0.161. The Morgan fingerprint density at radius 3 is 3.00 bits per heavy atom. The Hall–Kier alpha value is -1.38. The Kier molecular flexibility index (Phi) is 3.01. The van der Waals surface area contributed by atoms with Crippen LogP contribution in [0, 0.1) is 11.3 Å². The van der Waals surface area contributed by atoms with Crippen LogP contribution in [0.15, 0.2) is 5.38 Å². The van der Waals surface area contributed by atoms with Crippen LogP contribution in [-0.2, 0) is 11.3 Å². The predicted octanol–water partition coefficient (Wildman–Crippen LogP) is 1.46. The van der Waals surface area contributed by atoms with E-state index in [4.69, 9.17) is 15.1 Å². The van der Waals surface area contributed by atoms with Gasteiger partial charge in [0.1, 0.15) is 10.9 Å². The number of hydrogen-bond donors (Lipinski definition) is 1. The molecule has 1 aromatic rings. The van der Waals surface area contributed by atoms with Gasteiger partial charge in [0, 0.05) is 18.1 Å². The molecule has 13 heavy (non-hydrogen) atoms. The highest BCUT2D eigenvalue weighted by Gasteiger charge is 2.16. The van der Waals surface area contributed by atoms with E-state index in [0.29, 0.717) is 11.1 Å². The number of methoxy groups -OCH3 is 1. The number of thiophene rings is 1. The minimum Gasteiger partial charge on any atom is -0.477 e. The third-order valence-electron chi connectivity index (χ3n) is 1.50.